The minimum atomic E-state index is 0.325. The maximum absolute atomic E-state index is 5.79. The van der Waals surface area contributed by atoms with E-state index in [1.807, 2.05) is 6.07 Å². The largest absolute Gasteiger partial charge is 0.468 e. The third-order valence-corrected chi connectivity index (χ3v) is 2.77. The Balaban J connectivity index is 2.34. The van der Waals surface area contributed by atoms with Crippen molar-refractivity contribution in [1.82, 2.24) is 5.32 Å². The van der Waals surface area contributed by atoms with E-state index in [-0.39, 0.29) is 0 Å². The number of ether oxygens (including phenoxy) is 1. The van der Waals surface area contributed by atoms with E-state index >= 15 is 0 Å². The lowest BCUT2D eigenvalue weighted by Gasteiger charge is -2.11. The number of hydrogen-bond donors (Lipinski definition) is 1. The van der Waals surface area contributed by atoms with Crippen LogP contribution in [0, 0.1) is 0 Å². The number of hydrogen-bond acceptors (Lipinski definition) is 3. The summed E-state index contributed by atoms with van der Waals surface area (Å²) in [4.78, 5) is 0. The quantitative estimate of drug-likeness (QED) is 0.670. The van der Waals surface area contributed by atoms with Gasteiger partial charge in [-0.15, -0.1) is 0 Å². The molecular formula is C14H25NO2. The van der Waals surface area contributed by atoms with E-state index < -0.39 is 0 Å². The van der Waals surface area contributed by atoms with Gasteiger partial charge in [0.1, 0.15) is 5.76 Å². The van der Waals surface area contributed by atoms with E-state index in [4.69, 9.17) is 9.15 Å². The summed E-state index contributed by atoms with van der Waals surface area (Å²) in [5.41, 5.74) is 1.16. The zero-order valence-electron chi connectivity index (χ0n) is 11.3. The van der Waals surface area contributed by atoms with Gasteiger partial charge in [0, 0.05) is 5.56 Å². The summed E-state index contributed by atoms with van der Waals surface area (Å²) in [5, 5.41) is 3.34. The molecule has 1 aromatic heterocycles. The average molecular weight is 239 g/mol. The summed E-state index contributed by atoms with van der Waals surface area (Å²) in [6.45, 7) is 8.93. The van der Waals surface area contributed by atoms with Gasteiger partial charge >= 0.3 is 0 Å². The highest BCUT2D eigenvalue weighted by Crippen LogP contribution is 2.13. The fourth-order valence-electron chi connectivity index (χ4n) is 1.75. The van der Waals surface area contributed by atoms with E-state index in [9.17, 15) is 0 Å². The summed E-state index contributed by atoms with van der Waals surface area (Å²) in [6.07, 6.45) is 5.48. The van der Waals surface area contributed by atoms with E-state index in [1.54, 1.807) is 6.26 Å². The predicted molar refractivity (Wildman–Crippen MR) is 69.9 cm³/mol. The van der Waals surface area contributed by atoms with Crippen LogP contribution in [0.4, 0.5) is 0 Å². The lowest BCUT2D eigenvalue weighted by Crippen LogP contribution is -2.15. The molecule has 0 saturated carbocycles. The van der Waals surface area contributed by atoms with Crippen molar-refractivity contribution < 1.29 is 9.15 Å². The molecule has 0 aliphatic carbocycles. The molecule has 0 fully saturated rings. The van der Waals surface area contributed by atoms with Gasteiger partial charge in [-0.25, -0.2) is 0 Å². The first kappa shape index (κ1) is 14.3. The molecule has 3 heteroatoms. The standard InChI is InChI=1S/C14H25NO2/c1-4-6-12(3)17-11-13-7-9-16-14(13)10-15-8-5-2/h7,9,12,15H,4-6,8,10-11H2,1-3H3. The minimum absolute atomic E-state index is 0.325. The van der Waals surface area contributed by atoms with Crippen LogP contribution in [0.3, 0.4) is 0 Å². The SMILES string of the molecule is CCCNCc1occc1COC(C)CCC. The van der Waals surface area contributed by atoms with Crippen molar-refractivity contribution in [3.63, 3.8) is 0 Å². The molecule has 0 aliphatic rings. The highest BCUT2D eigenvalue weighted by molar-refractivity contribution is 5.15. The van der Waals surface area contributed by atoms with Gasteiger partial charge in [-0.2, -0.15) is 0 Å². The van der Waals surface area contributed by atoms with Crippen molar-refractivity contribution in [3.8, 4) is 0 Å². The van der Waals surface area contributed by atoms with Gasteiger partial charge in [0.15, 0.2) is 0 Å². The summed E-state index contributed by atoms with van der Waals surface area (Å²) in [6, 6.07) is 2.00. The zero-order valence-corrected chi connectivity index (χ0v) is 11.3. The Morgan fingerprint density at radius 2 is 2.18 bits per heavy atom. The van der Waals surface area contributed by atoms with Gasteiger partial charge in [0.2, 0.25) is 0 Å². The topological polar surface area (TPSA) is 34.4 Å². The molecule has 1 aromatic rings. The summed E-state index contributed by atoms with van der Waals surface area (Å²) >= 11 is 0. The van der Waals surface area contributed by atoms with Gasteiger partial charge in [-0.05, 0) is 32.4 Å². The van der Waals surface area contributed by atoms with Crippen LogP contribution in [-0.2, 0) is 17.9 Å². The third-order valence-electron chi connectivity index (χ3n) is 2.77. The lowest BCUT2D eigenvalue weighted by molar-refractivity contribution is 0.0463. The number of nitrogens with one attached hydrogen (secondary N) is 1. The first-order chi connectivity index (χ1) is 8.27. The highest BCUT2D eigenvalue weighted by atomic mass is 16.5. The van der Waals surface area contributed by atoms with Crippen LogP contribution >= 0.6 is 0 Å². The van der Waals surface area contributed by atoms with Crippen molar-refractivity contribution in [2.24, 2.45) is 0 Å². The predicted octanol–water partition coefficient (Wildman–Crippen LogP) is 3.48. The monoisotopic (exact) mass is 239 g/mol. The van der Waals surface area contributed by atoms with Crippen LogP contribution in [0.1, 0.15) is 51.4 Å². The van der Waals surface area contributed by atoms with Gasteiger partial charge in [0.25, 0.3) is 0 Å². The Kier molecular flexibility index (Phi) is 6.97. The first-order valence-corrected chi connectivity index (χ1v) is 6.65. The fraction of sp³-hybridized carbons (Fsp3) is 0.714. The van der Waals surface area contributed by atoms with E-state index in [1.165, 1.54) is 0 Å². The third kappa shape index (κ3) is 5.37. The fourth-order valence-corrected chi connectivity index (χ4v) is 1.75. The molecule has 0 aliphatic heterocycles. The van der Waals surface area contributed by atoms with E-state index in [2.05, 4.69) is 26.1 Å². The molecule has 0 spiro atoms. The molecule has 0 aromatic carbocycles. The molecule has 1 heterocycles. The van der Waals surface area contributed by atoms with Crippen molar-refractivity contribution >= 4 is 0 Å². The van der Waals surface area contributed by atoms with E-state index in [0.29, 0.717) is 12.7 Å². The van der Waals surface area contributed by atoms with Crippen LogP contribution in [-0.4, -0.2) is 12.6 Å². The van der Waals surface area contributed by atoms with Crippen molar-refractivity contribution in [3.05, 3.63) is 23.7 Å². The van der Waals surface area contributed by atoms with E-state index in [0.717, 1.165) is 43.7 Å². The van der Waals surface area contributed by atoms with Gasteiger partial charge in [-0.3, -0.25) is 0 Å². The smallest absolute Gasteiger partial charge is 0.123 e. The Hall–Kier alpha value is -0.800. The van der Waals surface area contributed by atoms with Crippen LogP contribution in [0.25, 0.3) is 0 Å². The van der Waals surface area contributed by atoms with Crippen molar-refractivity contribution in [2.75, 3.05) is 6.54 Å². The molecular weight excluding hydrogens is 214 g/mol. The Bertz CT molecular complexity index is 296. The lowest BCUT2D eigenvalue weighted by atomic mass is 10.2. The van der Waals surface area contributed by atoms with Crippen LogP contribution < -0.4 is 5.32 Å². The molecule has 0 saturated heterocycles. The molecule has 0 bridgehead atoms. The normalized spacial score (nSPS) is 12.9. The van der Waals surface area contributed by atoms with Crippen molar-refractivity contribution in [1.29, 1.82) is 0 Å². The second-order valence-electron chi connectivity index (χ2n) is 4.46. The minimum Gasteiger partial charge on any atom is -0.468 e. The summed E-state index contributed by atoms with van der Waals surface area (Å²) in [7, 11) is 0. The van der Waals surface area contributed by atoms with Gasteiger partial charge in [-0.1, -0.05) is 20.3 Å². The maximum atomic E-state index is 5.79. The molecule has 17 heavy (non-hydrogen) atoms. The summed E-state index contributed by atoms with van der Waals surface area (Å²) < 4.78 is 11.2. The second-order valence-corrected chi connectivity index (χ2v) is 4.46. The zero-order chi connectivity index (χ0) is 12.5. The number of rotatable bonds is 9. The molecule has 3 nitrogen and oxygen atoms in total. The molecule has 1 rings (SSSR count). The van der Waals surface area contributed by atoms with Gasteiger partial charge in [0.05, 0.1) is 25.5 Å². The molecule has 0 amide bonds. The average Bonchev–Trinajstić information content (AvgIpc) is 2.75. The number of furan rings is 1. The molecule has 1 atom stereocenters. The highest BCUT2D eigenvalue weighted by Gasteiger charge is 2.08. The molecule has 98 valence electrons. The second kappa shape index (κ2) is 8.31. The molecule has 0 radical (unpaired) electrons. The van der Waals surface area contributed by atoms with Gasteiger partial charge < -0.3 is 14.5 Å². The van der Waals surface area contributed by atoms with Crippen LogP contribution in [0.2, 0.25) is 0 Å². The molecule has 1 N–H and O–H groups in total. The summed E-state index contributed by atoms with van der Waals surface area (Å²) in [5.74, 6) is 1.00. The Labute approximate surface area is 105 Å². The van der Waals surface area contributed by atoms with Crippen LogP contribution in [0.15, 0.2) is 16.7 Å². The Morgan fingerprint density at radius 3 is 2.88 bits per heavy atom. The molecule has 1 unspecified atom stereocenters. The van der Waals surface area contributed by atoms with Crippen molar-refractivity contribution in [2.45, 2.75) is 59.3 Å². The Morgan fingerprint density at radius 1 is 1.35 bits per heavy atom. The first-order valence-electron chi connectivity index (χ1n) is 6.65. The maximum Gasteiger partial charge on any atom is 0.123 e. The van der Waals surface area contributed by atoms with Crippen LogP contribution in [0.5, 0.6) is 0 Å².